The van der Waals surface area contributed by atoms with Gasteiger partial charge in [-0.25, -0.2) is 4.79 Å². The SMILES string of the molecule is C=C(C(=O)O)c1ccc2ccccc2c1OC. The predicted octanol–water partition coefficient (Wildman–Crippen LogP) is 2.95. The van der Waals surface area contributed by atoms with Gasteiger partial charge >= 0.3 is 5.97 Å². The maximum absolute atomic E-state index is 10.9. The number of ether oxygens (including phenoxy) is 1. The van der Waals surface area contributed by atoms with Gasteiger partial charge in [0.1, 0.15) is 5.75 Å². The second kappa shape index (κ2) is 4.29. The van der Waals surface area contributed by atoms with Gasteiger partial charge in [-0.15, -0.1) is 0 Å². The molecule has 0 aromatic heterocycles. The maximum Gasteiger partial charge on any atom is 0.335 e. The largest absolute Gasteiger partial charge is 0.495 e. The Morgan fingerprint density at radius 3 is 2.59 bits per heavy atom. The first-order chi connectivity index (χ1) is 8.15. The number of carboxylic acid groups (broad SMARTS) is 1. The summed E-state index contributed by atoms with van der Waals surface area (Å²) in [6.45, 7) is 3.56. The third kappa shape index (κ3) is 1.87. The number of carboxylic acids is 1. The average Bonchev–Trinajstić information content (AvgIpc) is 2.36. The Labute approximate surface area is 99.0 Å². The van der Waals surface area contributed by atoms with Gasteiger partial charge in [0.05, 0.1) is 12.7 Å². The summed E-state index contributed by atoms with van der Waals surface area (Å²) in [4.78, 5) is 10.9. The zero-order valence-electron chi connectivity index (χ0n) is 9.43. The highest BCUT2D eigenvalue weighted by Gasteiger charge is 2.14. The third-order valence-electron chi connectivity index (χ3n) is 2.67. The van der Waals surface area contributed by atoms with E-state index in [-0.39, 0.29) is 5.57 Å². The lowest BCUT2D eigenvalue weighted by Crippen LogP contribution is -2.00. The first-order valence-corrected chi connectivity index (χ1v) is 5.13. The van der Waals surface area contributed by atoms with Gasteiger partial charge in [-0.1, -0.05) is 36.9 Å². The zero-order valence-corrected chi connectivity index (χ0v) is 9.43. The van der Waals surface area contributed by atoms with Crippen LogP contribution in [0.3, 0.4) is 0 Å². The molecule has 0 aliphatic rings. The van der Waals surface area contributed by atoms with Crippen LogP contribution >= 0.6 is 0 Å². The molecule has 0 aliphatic carbocycles. The van der Waals surface area contributed by atoms with Crippen LogP contribution in [0, 0.1) is 0 Å². The molecule has 0 fully saturated rings. The summed E-state index contributed by atoms with van der Waals surface area (Å²) < 4.78 is 5.31. The van der Waals surface area contributed by atoms with E-state index in [1.54, 1.807) is 6.07 Å². The third-order valence-corrected chi connectivity index (χ3v) is 2.67. The van der Waals surface area contributed by atoms with Gasteiger partial charge < -0.3 is 9.84 Å². The van der Waals surface area contributed by atoms with E-state index in [1.165, 1.54) is 7.11 Å². The molecule has 0 saturated heterocycles. The number of fused-ring (bicyclic) bond motifs is 1. The number of carbonyl (C=O) groups is 1. The second-order valence-electron chi connectivity index (χ2n) is 3.65. The number of benzene rings is 2. The van der Waals surface area contributed by atoms with Crippen LogP contribution in [-0.4, -0.2) is 18.2 Å². The molecule has 1 N–H and O–H groups in total. The lowest BCUT2D eigenvalue weighted by molar-refractivity contribution is -0.130. The Hall–Kier alpha value is -2.29. The quantitative estimate of drug-likeness (QED) is 0.821. The van der Waals surface area contributed by atoms with Crippen molar-refractivity contribution in [1.29, 1.82) is 0 Å². The van der Waals surface area contributed by atoms with Gasteiger partial charge in [-0.05, 0) is 11.5 Å². The molecular formula is C14H12O3. The highest BCUT2D eigenvalue weighted by molar-refractivity contribution is 6.16. The Balaban J connectivity index is 2.73. The Morgan fingerprint density at radius 2 is 1.94 bits per heavy atom. The first kappa shape index (κ1) is 11.2. The van der Waals surface area contributed by atoms with Crippen molar-refractivity contribution in [3.05, 3.63) is 48.5 Å². The van der Waals surface area contributed by atoms with Gasteiger partial charge in [0.15, 0.2) is 0 Å². The molecule has 0 amide bonds. The Morgan fingerprint density at radius 1 is 1.24 bits per heavy atom. The van der Waals surface area contributed by atoms with E-state index < -0.39 is 5.97 Å². The van der Waals surface area contributed by atoms with Crippen molar-refractivity contribution in [2.24, 2.45) is 0 Å². The highest BCUT2D eigenvalue weighted by atomic mass is 16.5. The molecule has 0 unspecified atom stereocenters. The van der Waals surface area contributed by atoms with E-state index in [1.807, 2.05) is 30.3 Å². The van der Waals surface area contributed by atoms with Crippen molar-refractivity contribution >= 4 is 22.3 Å². The summed E-state index contributed by atoms with van der Waals surface area (Å²) in [6, 6.07) is 11.2. The van der Waals surface area contributed by atoms with Gasteiger partial charge in [-0.3, -0.25) is 0 Å². The first-order valence-electron chi connectivity index (χ1n) is 5.13. The molecule has 86 valence electrons. The lowest BCUT2D eigenvalue weighted by atomic mass is 10.0. The van der Waals surface area contributed by atoms with Crippen LogP contribution in [0.1, 0.15) is 5.56 Å². The predicted molar refractivity (Wildman–Crippen MR) is 67.2 cm³/mol. The minimum absolute atomic E-state index is 0.0348. The normalized spacial score (nSPS) is 10.2. The van der Waals surface area contributed by atoms with Crippen LogP contribution < -0.4 is 4.74 Å². The minimum Gasteiger partial charge on any atom is -0.495 e. The number of hydrogen-bond donors (Lipinski definition) is 1. The van der Waals surface area contributed by atoms with Crippen LogP contribution in [0.15, 0.2) is 43.0 Å². The molecular weight excluding hydrogens is 216 g/mol. The Kier molecular flexibility index (Phi) is 2.83. The average molecular weight is 228 g/mol. The Bertz CT molecular complexity index is 599. The lowest BCUT2D eigenvalue weighted by Gasteiger charge is -2.11. The molecule has 2 aromatic rings. The van der Waals surface area contributed by atoms with Crippen LogP contribution in [0.5, 0.6) is 5.75 Å². The van der Waals surface area contributed by atoms with E-state index in [2.05, 4.69) is 6.58 Å². The van der Waals surface area contributed by atoms with Crippen molar-refractivity contribution in [1.82, 2.24) is 0 Å². The van der Waals surface area contributed by atoms with E-state index in [0.29, 0.717) is 11.3 Å². The van der Waals surface area contributed by atoms with Crippen LogP contribution in [0.25, 0.3) is 16.3 Å². The minimum atomic E-state index is -1.04. The number of hydrogen-bond acceptors (Lipinski definition) is 2. The van der Waals surface area contributed by atoms with Crippen molar-refractivity contribution in [3.63, 3.8) is 0 Å². The molecule has 2 aromatic carbocycles. The van der Waals surface area contributed by atoms with E-state index in [0.717, 1.165) is 10.8 Å². The molecule has 0 aliphatic heterocycles. The highest BCUT2D eigenvalue weighted by Crippen LogP contribution is 2.33. The van der Waals surface area contributed by atoms with E-state index >= 15 is 0 Å². The summed E-state index contributed by atoms with van der Waals surface area (Å²) in [7, 11) is 1.53. The van der Waals surface area contributed by atoms with Gasteiger partial charge in [-0.2, -0.15) is 0 Å². The zero-order chi connectivity index (χ0) is 12.4. The van der Waals surface area contributed by atoms with Crippen molar-refractivity contribution in [2.45, 2.75) is 0 Å². The molecule has 0 bridgehead atoms. The summed E-state index contributed by atoms with van der Waals surface area (Å²) >= 11 is 0. The van der Waals surface area contributed by atoms with Crippen LogP contribution in [0.4, 0.5) is 0 Å². The van der Waals surface area contributed by atoms with Gasteiger partial charge in [0, 0.05) is 10.9 Å². The van der Waals surface area contributed by atoms with Gasteiger partial charge in [0.25, 0.3) is 0 Å². The maximum atomic E-state index is 10.9. The summed E-state index contributed by atoms with van der Waals surface area (Å²) in [5.74, 6) is -0.492. The van der Waals surface area contributed by atoms with Crippen molar-refractivity contribution in [2.75, 3.05) is 7.11 Å². The monoisotopic (exact) mass is 228 g/mol. The number of methoxy groups -OCH3 is 1. The van der Waals surface area contributed by atoms with Crippen LogP contribution in [-0.2, 0) is 4.79 Å². The standard InChI is InChI=1S/C14H12O3/c1-9(14(15)16)11-8-7-10-5-3-4-6-12(10)13(11)17-2/h3-8H,1H2,2H3,(H,15,16). The second-order valence-corrected chi connectivity index (χ2v) is 3.65. The molecule has 17 heavy (non-hydrogen) atoms. The molecule has 2 rings (SSSR count). The smallest absolute Gasteiger partial charge is 0.335 e. The number of aliphatic carboxylic acids is 1. The van der Waals surface area contributed by atoms with Gasteiger partial charge in [0.2, 0.25) is 0 Å². The molecule has 0 radical (unpaired) electrons. The number of rotatable bonds is 3. The topological polar surface area (TPSA) is 46.5 Å². The molecule has 0 saturated carbocycles. The fourth-order valence-corrected chi connectivity index (χ4v) is 1.82. The summed E-state index contributed by atoms with van der Waals surface area (Å²) in [5, 5.41) is 10.9. The van der Waals surface area contributed by atoms with E-state index in [9.17, 15) is 4.79 Å². The van der Waals surface area contributed by atoms with Crippen molar-refractivity contribution in [3.8, 4) is 5.75 Å². The molecule has 0 spiro atoms. The molecule has 0 heterocycles. The fourth-order valence-electron chi connectivity index (χ4n) is 1.82. The summed E-state index contributed by atoms with van der Waals surface area (Å²) in [6.07, 6.45) is 0. The fraction of sp³-hybridized carbons (Fsp3) is 0.0714. The van der Waals surface area contributed by atoms with Crippen molar-refractivity contribution < 1.29 is 14.6 Å². The summed E-state index contributed by atoms with van der Waals surface area (Å²) in [5.41, 5.74) is 0.548. The molecule has 3 heteroatoms. The van der Waals surface area contributed by atoms with E-state index in [4.69, 9.17) is 9.84 Å². The molecule has 0 atom stereocenters. The molecule has 3 nitrogen and oxygen atoms in total. The van der Waals surface area contributed by atoms with Crippen LogP contribution in [0.2, 0.25) is 0 Å².